The van der Waals surface area contributed by atoms with E-state index in [1.807, 2.05) is 35.9 Å². The van der Waals surface area contributed by atoms with Crippen LogP contribution in [0.2, 0.25) is 5.02 Å². The van der Waals surface area contributed by atoms with E-state index in [1.165, 1.54) is 0 Å². The zero-order chi connectivity index (χ0) is 13.8. The molecular weight excluding hydrogens is 326 g/mol. The molecule has 2 rings (SSSR count). The molecule has 0 saturated carbocycles. The minimum absolute atomic E-state index is 0.712. The SMILES string of the molecule is CCCCNc1nc(C)cn1-c1cc(Cl)ccc1Br. The van der Waals surface area contributed by atoms with E-state index in [4.69, 9.17) is 11.6 Å². The van der Waals surface area contributed by atoms with Crippen LogP contribution in [-0.2, 0) is 0 Å². The lowest BCUT2D eigenvalue weighted by atomic mass is 10.3. The van der Waals surface area contributed by atoms with Gasteiger partial charge in [-0.1, -0.05) is 24.9 Å². The van der Waals surface area contributed by atoms with Crippen LogP contribution < -0.4 is 5.32 Å². The highest BCUT2D eigenvalue weighted by atomic mass is 79.9. The highest BCUT2D eigenvalue weighted by molar-refractivity contribution is 9.10. The molecule has 1 N–H and O–H groups in total. The Morgan fingerprint density at radius 2 is 2.21 bits per heavy atom. The van der Waals surface area contributed by atoms with Gasteiger partial charge in [0.05, 0.1) is 11.4 Å². The Labute approximate surface area is 127 Å². The predicted molar refractivity (Wildman–Crippen MR) is 84.4 cm³/mol. The summed E-state index contributed by atoms with van der Waals surface area (Å²) in [4.78, 5) is 4.52. The summed E-state index contributed by atoms with van der Waals surface area (Å²) in [6.07, 6.45) is 4.29. The van der Waals surface area contributed by atoms with E-state index in [9.17, 15) is 0 Å². The standard InChI is InChI=1S/C14H17BrClN3/c1-3-4-7-17-14-18-10(2)9-19(14)13-8-11(16)5-6-12(13)15/h5-6,8-9H,3-4,7H2,1-2H3,(H,17,18). The molecule has 0 atom stereocenters. The van der Waals surface area contributed by atoms with Crippen LogP contribution in [0.5, 0.6) is 0 Å². The summed E-state index contributed by atoms with van der Waals surface area (Å²) < 4.78 is 3.02. The second-order valence-electron chi connectivity index (χ2n) is 4.45. The average molecular weight is 343 g/mol. The van der Waals surface area contributed by atoms with Gasteiger partial charge < -0.3 is 5.32 Å². The smallest absolute Gasteiger partial charge is 0.207 e. The number of anilines is 1. The minimum Gasteiger partial charge on any atom is -0.355 e. The summed E-state index contributed by atoms with van der Waals surface area (Å²) >= 11 is 9.64. The predicted octanol–water partition coefficient (Wildman–Crippen LogP) is 4.81. The van der Waals surface area contributed by atoms with E-state index in [1.54, 1.807) is 0 Å². The first-order valence-corrected chi connectivity index (χ1v) is 7.54. The van der Waals surface area contributed by atoms with Gasteiger partial charge in [0.15, 0.2) is 0 Å². The average Bonchev–Trinajstić information content (AvgIpc) is 2.74. The van der Waals surface area contributed by atoms with Crippen molar-refractivity contribution in [3.63, 3.8) is 0 Å². The van der Waals surface area contributed by atoms with Crippen LogP contribution in [0.1, 0.15) is 25.5 Å². The Kier molecular flexibility index (Phi) is 4.88. The summed E-state index contributed by atoms with van der Waals surface area (Å²) in [6, 6.07) is 5.74. The zero-order valence-electron chi connectivity index (χ0n) is 11.1. The van der Waals surface area contributed by atoms with Crippen molar-refractivity contribution in [1.29, 1.82) is 0 Å². The number of unbranched alkanes of at least 4 members (excludes halogenated alkanes) is 1. The summed E-state index contributed by atoms with van der Waals surface area (Å²) in [7, 11) is 0. The number of hydrogen-bond donors (Lipinski definition) is 1. The third kappa shape index (κ3) is 3.51. The van der Waals surface area contributed by atoms with Crippen LogP contribution in [0, 0.1) is 6.92 Å². The Hall–Kier alpha value is -1.000. The van der Waals surface area contributed by atoms with Gasteiger partial charge in [0, 0.05) is 22.2 Å². The van der Waals surface area contributed by atoms with Crippen LogP contribution in [0.4, 0.5) is 5.95 Å². The lowest BCUT2D eigenvalue weighted by molar-refractivity contribution is 0.823. The van der Waals surface area contributed by atoms with Gasteiger partial charge in [-0.2, -0.15) is 0 Å². The molecule has 1 heterocycles. The maximum absolute atomic E-state index is 6.08. The third-order valence-electron chi connectivity index (χ3n) is 2.81. The molecule has 0 bridgehead atoms. The van der Waals surface area contributed by atoms with E-state index >= 15 is 0 Å². The number of hydrogen-bond acceptors (Lipinski definition) is 2. The molecule has 0 aliphatic heterocycles. The summed E-state index contributed by atoms with van der Waals surface area (Å²) in [5.74, 6) is 0.855. The molecule has 0 aliphatic rings. The van der Waals surface area contributed by atoms with Gasteiger partial charge in [0.25, 0.3) is 0 Å². The Morgan fingerprint density at radius 1 is 1.42 bits per heavy atom. The van der Waals surface area contributed by atoms with Crippen molar-refractivity contribution in [2.24, 2.45) is 0 Å². The Bertz CT molecular complexity index is 566. The fourth-order valence-corrected chi connectivity index (χ4v) is 2.46. The van der Waals surface area contributed by atoms with Gasteiger partial charge in [-0.05, 0) is 47.5 Å². The molecule has 0 aliphatic carbocycles. The van der Waals surface area contributed by atoms with Crippen LogP contribution >= 0.6 is 27.5 Å². The monoisotopic (exact) mass is 341 g/mol. The van der Waals surface area contributed by atoms with Gasteiger partial charge in [-0.15, -0.1) is 0 Å². The second kappa shape index (κ2) is 6.44. The quantitative estimate of drug-likeness (QED) is 0.790. The summed E-state index contributed by atoms with van der Waals surface area (Å²) in [6.45, 7) is 5.08. The molecule has 5 heteroatoms. The van der Waals surface area contributed by atoms with E-state index < -0.39 is 0 Å². The van der Waals surface area contributed by atoms with E-state index in [0.29, 0.717) is 5.02 Å². The van der Waals surface area contributed by atoms with Crippen molar-refractivity contribution in [3.8, 4) is 5.69 Å². The number of imidazole rings is 1. The van der Waals surface area contributed by atoms with Gasteiger partial charge in [-0.25, -0.2) is 4.98 Å². The highest BCUT2D eigenvalue weighted by Crippen LogP contribution is 2.27. The molecule has 19 heavy (non-hydrogen) atoms. The summed E-state index contributed by atoms with van der Waals surface area (Å²) in [5.41, 5.74) is 1.97. The number of halogens is 2. The lowest BCUT2D eigenvalue weighted by Gasteiger charge is -2.11. The molecule has 0 spiro atoms. The third-order valence-corrected chi connectivity index (χ3v) is 3.71. The second-order valence-corrected chi connectivity index (χ2v) is 5.74. The fraction of sp³-hybridized carbons (Fsp3) is 0.357. The maximum Gasteiger partial charge on any atom is 0.207 e. The van der Waals surface area contributed by atoms with E-state index in [2.05, 4.69) is 33.2 Å². The Morgan fingerprint density at radius 3 is 2.95 bits per heavy atom. The molecule has 1 aromatic carbocycles. The molecule has 0 radical (unpaired) electrons. The largest absolute Gasteiger partial charge is 0.355 e. The number of rotatable bonds is 5. The molecule has 3 nitrogen and oxygen atoms in total. The van der Waals surface area contributed by atoms with Crippen LogP contribution in [-0.4, -0.2) is 16.1 Å². The molecular formula is C14H17BrClN3. The molecule has 0 fully saturated rings. The van der Waals surface area contributed by atoms with Crippen molar-refractivity contribution < 1.29 is 0 Å². The maximum atomic E-state index is 6.08. The molecule has 2 aromatic rings. The molecule has 0 unspecified atom stereocenters. The van der Waals surface area contributed by atoms with Gasteiger partial charge in [-0.3, -0.25) is 4.57 Å². The van der Waals surface area contributed by atoms with E-state index in [-0.39, 0.29) is 0 Å². The van der Waals surface area contributed by atoms with Gasteiger partial charge >= 0.3 is 0 Å². The molecule has 1 aromatic heterocycles. The van der Waals surface area contributed by atoms with Crippen molar-refractivity contribution in [2.75, 3.05) is 11.9 Å². The van der Waals surface area contributed by atoms with Gasteiger partial charge in [0.2, 0.25) is 5.95 Å². The number of nitrogens with one attached hydrogen (secondary N) is 1. The van der Waals surface area contributed by atoms with Gasteiger partial charge in [0.1, 0.15) is 0 Å². The lowest BCUT2D eigenvalue weighted by Crippen LogP contribution is -2.07. The Balaban J connectivity index is 2.35. The van der Waals surface area contributed by atoms with Crippen LogP contribution in [0.3, 0.4) is 0 Å². The first kappa shape index (κ1) is 14.4. The molecule has 0 amide bonds. The van der Waals surface area contributed by atoms with Crippen molar-refractivity contribution in [2.45, 2.75) is 26.7 Å². The van der Waals surface area contributed by atoms with Crippen LogP contribution in [0.15, 0.2) is 28.9 Å². The molecule has 0 saturated heterocycles. The topological polar surface area (TPSA) is 29.9 Å². The first-order valence-electron chi connectivity index (χ1n) is 6.37. The molecule has 102 valence electrons. The van der Waals surface area contributed by atoms with Crippen molar-refractivity contribution in [1.82, 2.24) is 9.55 Å². The number of nitrogens with zero attached hydrogens (tertiary/aromatic N) is 2. The van der Waals surface area contributed by atoms with Crippen molar-refractivity contribution >= 4 is 33.5 Å². The van der Waals surface area contributed by atoms with Crippen molar-refractivity contribution in [3.05, 3.63) is 39.6 Å². The normalized spacial score (nSPS) is 10.7. The first-order chi connectivity index (χ1) is 9.11. The highest BCUT2D eigenvalue weighted by Gasteiger charge is 2.10. The van der Waals surface area contributed by atoms with Crippen LogP contribution in [0.25, 0.3) is 5.69 Å². The van der Waals surface area contributed by atoms with E-state index in [0.717, 1.165) is 41.2 Å². The number of benzene rings is 1. The summed E-state index contributed by atoms with van der Waals surface area (Å²) in [5, 5.41) is 4.08. The zero-order valence-corrected chi connectivity index (χ0v) is 13.4. The minimum atomic E-state index is 0.712. The number of aromatic nitrogens is 2. The number of aryl methyl sites for hydroxylation is 1. The fourth-order valence-electron chi connectivity index (χ4n) is 1.85.